The molecule has 0 fully saturated rings. The van der Waals surface area contributed by atoms with Crippen LogP contribution in [0.5, 0.6) is 0 Å². The molecule has 88 valence electrons. The minimum Gasteiger partial charge on any atom is -0.378 e. The number of benzene rings is 1. The van der Waals surface area contributed by atoms with Gasteiger partial charge in [0.15, 0.2) is 0 Å². The van der Waals surface area contributed by atoms with Gasteiger partial charge in [-0.15, -0.1) is 5.92 Å². The lowest BCUT2D eigenvalue weighted by Crippen LogP contribution is -2.14. The molecule has 1 heteroatoms. The van der Waals surface area contributed by atoms with Crippen LogP contribution in [-0.4, -0.2) is 10.7 Å². The minimum absolute atomic E-state index is 0.785. The van der Waals surface area contributed by atoms with Crippen LogP contribution in [-0.2, 0) is 0 Å². The Hall–Kier alpha value is -1.70. The van der Waals surface area contributed by atoms with Gasteiger partial charge in [-0.25, -0.2) is 0 Å². The zero-order chi connectivity index (χ0) is 12.6. The first-order valence-electron chi connectivity index (χ1n) is 5.84. The van der Waals surface area contributed by atoms with Gasteiger partial charge in [-0.05, 0) is 32.4 Å². The highest BCUT2D eigenvalue weighted by atomic mass is 16.3. The summed E-state index contributed by atoms with van der Waals surface area (Å²) in [5.74, 6) is 12.0. The van der Waals surface area contributed by atoms with Crippen LogP contribution >= 0.6 is 0 Å². The van der Waals surface area contributed by atoms with Crippen LogP contribution in [0.4, 0.5) is 0 Å². The third-order valence-electron chi connectivity index (χ3n) is 2.00. The zero-order valence-corrected chi connectivity index (χ0v) is 10.5. The fraction of sp³-hybridized carbons (Fsp3) is 0.375. The van der Waals surface area contributed by atoms with Crippen LogP contribution in [0.1, 0.15) is 38.7 Å². The Balaban J connectivity index is 2.25. The fourth-order valence-electron chi connectivity index (χ4n) is 1.23. The maximum absolute atomic E-state index is 9.37. The van der Waals surface area contributed by atoms with Gasteiger partial charge in [0.2, 0.25) is 0 Å². The summed E-state index contributed by atoms with van der Waals surface area (Å²) in [6.07, 6.45) is 2.58. The molecule has 0 aliphatic carbocycles. The van der Waals surface area contributed by atoms with E-state index in [0.29, 0.717) is 0 Å². The van der Waals surface area contributed by atoms with Gasteiger partial charge in [0.1, 0.15) is 5.60 Å². The molecular weight excluding hydrogens is 208 g/mol. The molecule has 0 radical (unpaired) electrons. The summed E-state index contributed by atoms with van der Waals surface area (Å²) in [6, 6.07) is 9.96. The van der Waals surface area contributed by atoms with E-state index in [1.807, 2.05) is 30.3 Å². The molecule has 0 bridgehead atoms. The molecule has 1 aromatic rings. The number of unbranched alkanes of at least 4 members (excludes halogenated alkanes) is 2. The third kappa shape index (κ3) is 7.23. The number of hydrogen-bond acceptors (Lipinski definition) is 1. The molecule has 0 unspecified atom stereocenters. The lowest BCUT2D eigenvalue weighted by atomic mass is 10.1. The van der Waals surface area contributed by atoms with E-state index in [2.05, 4.69) is 23.7 Å². The third-order valence-corrected chi connectivity index (χ3v) is 2.00. The van der Waals surface area contributed by atoms with Crippen LogP contribution in [0.3, 0.4) is 0 Å². The van der Waals surface area contributed by atoms with Crippen LogP contribution in [0.2, 0.25) is 0 Å². The quantitative estimate of drug-likeness (QED) is 0.607. The van der Waals surface area contributed by atoms with Crippen molar-refractivity contribution in [1.82, 2.24) is 0 Å². The first-order valence-corrected chi connectivity index (χ1v) is 5.84. The van der Waals surface area contributed by atoms with E-state index in [9.17, 15) is 5.11 Å². The average Bonchev–Trinajstić information content (AvgIpc) is 2.28. The van der Waals surface area contributed by atoms with Gasteiger partial charge in [-0.3, -0.25) is 0 Å². The van der Waals surface area contributed by atoms with Gasteiger partial charge < -0.3 is 5.11 Å². The highest BCUT2D eigenvalue weighted by Crippen LogP contribution is 1.99. The van der Waals surface area contributed by atoms with E-state index >= 15 is 0 Å². The standard InChI is InChI=1S/C16H18O/c1-16(2,17)14-10-5-3-4-7-11-15-12-8-6-9-13-15/h6,8-9,12-13,17H,3-5H2,1-2H3. The molecule has 0 heterocycles. The summed E-state index contributed by atoms with van der Waals surface area (Å²) in [4.78, 5) is 0. The largest absolute Gasteiger partial charge is 0.378 e. The van der Waals surface area contributed by atoms with Gasteiger partial charge in [-0.1, -0.05) is 36.0 Å². The smallest absolute Gasteiger partial charge is 0.119 e. The lowest BCUT2D eigenvalue weighted by molar-refractivity contribution is 0.143. The van der Waals surface area contributed by atoms with Gasteiger partial charge in [0.25, 0.3) is 0 Å². The van der Waals surface area contributed by atoms with E-state index in [4.69, 9.17) is 0 Å². The maximum atomic E-state index is 9.37. The Labute approximate surface area is 104 Å². The van der Waals surface area contributed by atoms with E-state index in [1.165, 1.54) is 0 Å². The van der Waals surface area contributed by atoms with Crippen LogP contribution in [0, 0.1) is 23.7 Å². The SMILES string of the molecule is CC(C)(O)C#CCCCC#Cc1ccccc1. The summed E-state index contributed by atoms with van der Waals surface area (Å²) in [5.41, 5.74) is 0.172. The van der Waals surface area contributed by atoms with Crippen molar-refractivity contribution < 1.29 is 5.11 Å². The van der Waals surface area contributed by atoms with Crippen molar-refractivity contribution in [2.24, 2.45) is 0 Å². The van der Waals surface area contributed by atoms with Crippen LogP contribution in [0.15, 0.2) is 30.3 Å². The van der Waals surface area contributed by atoms with Gasteiger partial charge in [-0.2, -0.15) is 0 Å². The molecule has 1 rings (SSSR count). The van der Waals surface area contributed by atoms with E-state index in [0.717, 1.165) is 24.8 Å². The van der Waals surface area contributed by atoms with E-state index < -0.39 is 5.60 Å². The summed E-state index contributed by atoms with van der Waals surface area (Å²) in [7, 11) is 0. The number of aliphatic hydroxyl groups is 1. The second-order valence-electron chi connectivity index (χ2n) is 4.38. The molecular formula is C16H18O. The van der Waals surface area contributed by atoms with Crippen molar-refractivity contribution >= 4 is 0 Å². The summed E-state index contributed by atoms with van der Waals surface area (Å²) in [5, 5.41) is 9.37. The first-order chi connectivity index (χ1) is 8.08. The fourth-order valence-corrected chi connectivity index (χ4v) is 1.23. The average molecular weight is 226 g/mol. The molecule has 1 aromatic carbocycles. The second kappa shape index (κ2) is 6.79. The van der Waals surface area contributed by atoms with Crippen molar-refractivity contribution in [2.45, 2.75) is 38.7 Å². The topological polar surface area (TPSA) is 20.2 Å². The molecule has 0 saturated carbocycles. The first kappa shape index (κ1) is 13.4. The second-order valence-corrected chi connectivity index (χ2v) is 4.38. The van der Waals surface area contributed by atoms with Crippen molar-refractivity contribution in [2.75, 3.05) is 0 Å². The molecule has 1 nitrogen and oxygen atoms in total. The minimum atomic E-state index is -0.879. The van der Waals surface area contributed by atoms with Crippen molar-refractivity contribution in [3.63, 3.8) is 0 Å². The molecule has 0 spiro atoms. The molecule has 17 heavy (non-hydrogen) atoms. The molecule has 0 saturated heterocycles. The van der Waals surface area contributed by atoms with Crippen LogP contribution < -0.4 is 0 Å². The molecule has 0 aliphatic rings. The van der Waals surface area contributed by atoms with Crippen molar-refractivity contribution in [1.29, 1.82) is 0 Å². The van der Waals surface area contributed by atoms with Gasteiger partial charge in [0, 0.05) is 18.4 Å². The normalized spacial score (nSPS) is 9.82. The Bertz CT molecular complexity index is 444. The molecule has 0 aromatic heterocycles. The molecule has 0 atom stereocenters. The van der Waals surface area contributed by atoms with Crippen molar-refractivity contribution in [3.8, 4) is 23.7 Å². The van der Waals surface area contributed by atoms with E-state index in [-0.39, 0.29) is 0 Å². The number of rotatable bonds is 2. The highest BCUT2D eigenvalue weighted by molar-refractivity contribution is 5.33. The summed E-state index contributed by atoms with van der Waals surface area (Å²) in [6.45, 7) is 3.38. The zero-order valence-electron chi connectivity index (χ0n) is 10.5. The predicted octanol–water partition coefficient (Wildman–Crippen LogP) is 2.98. The van der Waals surface area contributed by atoms with Crippen LogP contribution in [0.25, 0.3) is 0 Å². The highest BCUT2D eigenvalue weighted by Gasteiger charge is 2.04. The monoisotopic (exact) mass is 226 g/mol. The Morgan fingerprint density at radius 2 is 1.71 bits per heavy atom. The Morgan fingerprint density at radius 3 is 2.35 bits per heavy atom. The van der Waals surface area contributed by atoms with Crippen molar-refractivity contribution in [3.05, 3.63) is 35.9 Å². The lowest BCUT2D eigenvalue weighted by Gasteiger charge is -2.05. The summed E-state index contributed by atoms with van der Waals surface area (Å²) < 4.78 is 0. The maximum Gasteiger partial charge on any atom is 0.119 e. The van der Waals surface area contributed by atoms with Gasteiger partial charge in [0.05, 0.1) is 0 Å². The molecule has 0 aliphatic heterocycles. The van der Waals surface area contributed by atoms with E-state index in [1.54, 1.807) is 13.8 Å². The molecule has 1 N–H and O–H groups in total. The Kier molecular flexibility index (Phi) is 5.34. The predicted molar refractivity (Wildman–Crippen MR) is 71.2 cm³/mol. The number of hydrogen-bond donors (Lipinski definition) is 1. The molecule has 0 amide bonds. The summed E-state index contributed by atoms with van der Waals surface area (Å²) >= 11 is 0. The Morgan fingerprint density at radius 1 is 1.06 bits per heavy atom. The van der Waals surface area contributed by atoms with Gasteiger partial charge >= 0.3 is 0 Å².